The van der Waals surface area contributed by atoms with E-state index in [1.807, 2.05) is 28.7 Å². The smallest absolute Gasteiger partial charge is 0.343 e. The molecule has 27 heavy (non-hydrogen) atoms. The Kier molecular flexibility index (Phi) is 5.67. The van der Waals surface area contributed by atoms with Gasteiger partial charge in [-0.05, 0) is 52.9 Å². The second-order valence-electron chi connectivity index (χ2n) is 5.37. The Balaban J connectivity index is 1.87. The molecule has 7 nitrogen and oxygen atoms in total. The van der Waals surface area contributed by atoms with Gasteiger partial charge in [0.15, 0.2) is 17.3 Å². The summed E-state index contributed by atoms with van der Waals surface area (Å²) in [7, 11) is 1.52. The first-order chi connectivity index (χ1) is 12.9. The van der Waals surface area contributed by atoms with Crippen molar-refractivity contribution in [3.05, 3.63) is 66.6 Å². The molecule has 0 spiro atoms. The lowest BCUT2D eigenvalue weighted by atomic mass is 10.2. The summed E-state index contributed by atoms with van der Waals surface area (Å²) in [5, 5.41) is 15.4. The van der Waals surface area contributed by atoms with Crippen LogP contribution >= 0.6 is 34.2 Å². The summed E-state index contributed by atoms with van der Waals surface area (Å²) in [5.74, 6) is -0.309. The van der Waals surface area contributed by atoms with Crippen LogP contribution in [0.2, 0.25) is 5.02 Å². The van der Waals surface area contributed by atoms with E-state index < -0.39 is 11.5 Å². The van der Waals surface area contributed by atoms with Crippen LogP contribution in [0.15, 0.2) is 35.1 Å². The Morgan fingerprint density at radius 3 is 2.85 bits per heavy atom. The van der Waals surface area contributed by atoms with Crippen molar-refractivity contribution in [3.8, 4) is 23.3 Å². The van der Waals surface area contributed by atoms with Gasteiger partial charge in [-0.15, -0.1) is 0 Å². The number of aromatic amines is 1. The van der Waals surface area contributed by atoms with Crippen molar-refractivity contribution in [1.29, 1.82) is 5.26 Å². The molecule has 0 saturated heterocycles. The summed E-state index contributed by atoms with van der Waals surface area (Å²) in [4.78, 5) is 11.4. The van der Waals surface area contributed by atoms with Crippen molar-refractivity contribution in [2.75, 3.05) is 0 Å². The van der Waals surface area contributed by atoms with Crippen LogP contribution in [0.25, 0.3) is 0 Å². The van der Waals surface area contributed by atoms with E-state index >= 15 is 0 Å². The minimum absolute atomic E-state index is 0.0600. The first-order valence-electron chi connectivity index (χ1n) is 7.48. The summed E-state index contributed by atoms with van der Waals surface area (Å²) in [6.45, 7) is -0.109. The Bertz CT molecular complexity index is 1110. The van der Waals surface area contributed by atoms with Crippen molar-refractivity contribution in [3.63, 3.8) is 0 Å². The van der Waals surface area contributed by atoms with E-state index in [2.05, 4.69) is 10.2 Å². The molecular formula is C17H11ClFIN4O3. The first-order valence-corrected chi connectivity index (χ1v) is 8.94. The zero-order valence-corrected chi connectivity index (χ0v) is 16.7. The average molecular weight is 501 g/mol. The lowest BCUT2D eigenvalue weighted by molar-refractivity contribution is 0.272. The van der Waals surface area contributed by atoms with Crippen LogP contribution < -0.4 is 15.2 Å². The third kappa shape index (κ3) is 4.23. The van der Waals surface area contributed by atoms with Gasteiger partial charge >= 0.3 is 5.69 Å². The number of nitriles is 1. The molecule has 0 aliphatic heterocycles. The first kappa shape index (κ1) is 19.2. The number of benzene rings is 2. The maximum atomic E-state index is 14.9. The fourth-order valence-electron chi connectivity index (χ4n) is 2.17. The highest BCUT2D eigenvalue weighted by atomic mass is 127. The predicted octanol–water partition coefficient (Wildman–Crippen LogP) is 3.75. The molecule has 0 amide bonds. The summed E-state index contributed by atoms with van der Waals surface area (Å²) in [5.41, 5.74) is -0.102. The number of aromatic nitrogens is 3. The van der Waals surface area contributed by atoms with Gasteiger partial charge in [-0.2, -0.15) is 14.8 Å². The molecule has 0 aliphatic rings. The average Bonchev–Trinajstić information content (AvgIpc) is 2.96. The molecule has 3 aromatic rings. The Morgan fingerprint density at radius 2 is 2.19 bits per heavy atom. The molecule has 1 N–H and O–H groups in total. The molecule has 3 rings (SSSR count). The molecule has 0 unspecified atom stereocenters. The molecule has 0 aliphatic carbocycles. The van der Waals surface area contributed by atoms with E-state index in [1.165, 1.54) is 35.9 Å². The van der Waals surface area contributed by atoms with Crippen LogP contribution in [0.4, 0.5) is 4.39 Å². The Labute approximate surface area is 171 Å². The van der Waals surface area contributed by atoms with Gasteiger partial charge in [0.2, 0.25) is 5.82 Å². The van der Waals surface area contributed by atoms with Gasteiger partial charge in [0.25, 0.3) is 0 Å². The number of hydrogen-bond acceptors (Lipinski definition) is 5. The van der Waals surface area contributed by atoms with Gasteiger partial charge in [0.05, 0.1) is 15.2 Å². The highest BCUT2D eigenvalue weighted by Crippen LogP contribution is 2.36. The van der Waals surface area contributed by atoms with Gasteiger partial charge in [0, 0.05) is 12.1 Å². The van der Waals surface area contributed by atoms with Crippen LogP contribution in [-0.2, 0) is 13.7 Å². The second kappa shape index (κ2) is 7.98. The van der Waals surface area contributed by atoms with E-state index in [0.717, 1.165) is 0 Å². The van der Waals surface area contributed by atoms with Gasteiger partial charge in [-0.25, -0.2) is 9.89 Å². The lowest BCUT2D eigenvalue weighted by Gasteiger charge is -2.13. The van der Waals surface area contributed by atoms with Gasteiger partial charge in [0.1, 0.15) is 12.4 Å². The zero-order chi connectivity index (χ0) is 19.6. The summed E-state index contributed by atoms with van der Waals surface area (Å²) >= 11 is 7.87. The van der Waals surface area contributed by atoms with Crippen molar-refractivity contribution in [2.45, 2.75) is 6.61 Å². The van der Waals surface area contributed by atoms with Crippen molar-refractivity contribution in [2.24, 2.45) is 7.05 Å². The van der Waals surface area contributed by atoms with Gasteiger partial charge < -0.3 is 9.47 Å². The van der Waals surface area contributed by atoms with Gasteiger partial charge in [-0.3, -0.25) is 4.57 Å². The molecule has 138 valence electrons. The molecule has 10 heteroatoms. The second-order valence-corrected chi connectivity index (χ2v) is 6.97. The minimum atomic E-state index is -0.721. The van der Waals surface area contributed by atoms with E-state index in [4.69, 9.17) is 26.3 Å². The fraction of sp³-hybridized carbons (Fsp3) is 0.118. The standard InChI is InChI=1S/C17H11ClFIN4O3/c1-24-14(22-23-17(24)25)8-26-13-3-2-12(20)16(15(13)19)27-11-5-9(7-21)4-10(18)6-11/h2-6H,8H2,1H3,(H,23,25). The van der Waals surface area contributed by atoms with Gasteiger partial charge in [-0.1, -0.05) is 11.6 Å². The normalized spacial score (nSPS) is 10.5. The number of rotatable bonds is 5. The van der Waals surface area contributed by atoms with E-state index in [0.29, 0.717) is 20.0 Å². The van der Waals surface area contributed by atoms with Crippen LogP contribution in [0.3, 0.4) is 0 Å². The van der Waals surface area contributed by atoms with Crippen molar-refractivity contribution in [1.82, 2.24) is 14.8 Å². The number of halogens is 3. The topological polar surface area (TPSA) is 92.9 Å². The fourth-order valence-corrected chi connectivity index (χ4v) is 2.93. The van der Waals surface area contributed by atoms with E-state index in [1.54, 1.807) is 6.07 Å². The number of nitrogens with one attached hydrogen (secondary N) is 1. The minimum Gasteiger partial charge on any atom is -0.482 e. The summed E-state index contributed by atoms with van der Waals surface area (Å²) in [6.07, 6.45) is 0. The maximum Gasteiger partial charge on any atom is 0.343 e. The molecule has 0 bridgehead atoms. The highest BCUT2D eigenvalue weighted by molar-refractivity contribution is 14.1. The number of H-pyrrole nitrogens is 1. The summed E-state index contributed by atoms with van der Waals surface area (Å²) in [6, 6.07) is 9.43. The van der Waals surface area contributed by atoms with Crippen LogP contribution in [0.1, 0.15) is 11.4 Å². The number of nitrogens with zero attached hydrogens (tertiary/aromatic N) is 3. The largest absolute Gasteiger partial charge is 0.482 e. The molecule has 0 atom stereocenters. The third-order valence-electron chi connectivity index (χ3n) is 3.56. The molecule has 1 aromatic heterocycles. The molecule has 1 heterocycles. The van der Waals surface area contributed by atoms with Crippen molar-refractivity contribution < 1.29 is 13.9 Å². The van der Waals surface area contributed by atoms with Crippen LogP contribution in [0, 0.1) is 20.7 Å². The van der Waals surface area contributed by atoms with Crippen molar-refractivity contribution >= 4 is 34.2 Å². The molecule has 0 fully saturated rings. The number of ether oxygens (including phenoxy) is 2. The highest BCUT2D eigenvalue weighted by Gasteiger charge is 2.17. The predicted molar refractivity (Wildman–Crippen MR) is 104 cm³/mol. The Morgan fingerprint density at radius 1 is 1.41 bits per heavy atom. The third-order valence-corrected chi connectivity index (χ3v) is 4.63. The molecular weight excluding hydrogens is 490 g/mol. The molecule has 0 radical (unpaired) electrons. The van der Waals surface area contributed by atoms with Crippen LogP contribution in [0.5, 0.6) is 17.2 Å². The zero-order valence-electron chi connectivity index (χ0n) is 13.8. The summed E-state index contributed by atoms with van der Waals surface area (Å²) < 4.78 is 27.7. The number of hydrogen-bond donors (Lipinski definition) is 1. The monoisotopic (exact) mass is 500 g/mol. The van der Waals surface area contributed by atoms with Crippen LogP contribution in [-0.4, -0.2) is 14.8 Å². The van der Waals surface area contributed by atoms with E-state index in [9.17, 15) is 9.18 Å². The lowest BCUT2D eigenvalue weighted by Crippen LogP contribution is -2.15. The Hall–Kier alpha value is -2.58. The SMILES string of the molecule is Cn1c(COc2ccc(I)c(Oc3cc(Cl)cc(C#N)c3)c2F)n[nH]c1=O. The maximum absolute atomic E-state index is 14.9. The quantitative estimate of drug-likeness (QED) is 0.539. The molecule has 0 saturated carbocycles. The molecule has 2 aromatic carbocycles. The van der Waals surface area contributed by atoms with E-state index in [-0.39, 0.29) is 23.9 Å².